The van der Waals surface area contributed by atoms with Gasteiger partial charge in [-0.1, -0.05) is 37.8 Å². The molecule has 1 aliphatic rings. The summed E-state index contributed by atoms with van der Waals surface area (Å²) in [6.07, 6.45) is 8.01. The molecule has 3 nitrogen and oxygen atoms in total. The molecule has 21 heavy (non-hydrogen) atoms. The van der Waals surface area contributed by atoms with Crippen molar-refractivity contribution in [3.05, 3.63) is 16.4 Å². The van der Waals surface area contributed by atoms with Crippen LogP contribution in [0.25, 0.3) is 0 Å². The van der Waals surface area contributed by atoms with Crippen molar-refractivity contribution in [2.24, 2.45) is 7.05 Å². The van der Waals surface area contributed by atoms with Crippen LogP contribution in [-0.2, 0) is 13.5 Å². The molecule has 0 saturated heterocycles. The highest BCUT2D eigenvalue weighted by atomic mass is 35.5. The molecule has 1 N–H and O–H groups in total. The van der Waals surface area contributed by atoms with E-state index in [1.807, 2.05) is 18.7 Å². The summed E-state index contributed by atoms with van der Waals surface area (Å²) in [4.78, 5) is 0. The third kappa shape index (κ3) is 4.90. The summed E-state index contributed by atoms with van der Waals surface area (Å²) in [6.45, 7) is 5.16. The van der Waals surface area contributed by atoms with Gasteiger partial charge in [0.1, 0.15) is 0 Å². The molecule has 0 bridgehead atoms. The van der Waals surface area contributed by atoms with Gasteiger partial charge in [-0.05, 0) is 26.3 Å². The summed E-state index contributed by atoms with van der Waals surface area (Å²) < 4.78 is 1.94. The van der Waals surface area contributed by atoms with Gasteiger partial charge >= 0.3 is 0 Å². The first kappa shape index (κ1) is 17.2. The number of halogens is 1. The van der Waals surface area contributed by atoms with Crippen molar-refractivity contribution in [1.29, 1.82) is 0 Å². The molecular weight excluding hydrogens is 302 g/mol. The molecule has 2 rings (SSSR count). The second-order valence-electron chi connectivity index (χ2n) is 6.02. The maximum Gasteiger partial charge on any atom is 0.0847 e. The summed E-state index contributed by atoms with van der Waals surface area (Å²) >= 11 is 8.54. The molecule has 5 heteroatoms. The molecule has 0 radical (unpaired) electrons. The zero-order valence-corrected chi connectivity index (χ0v) is 15.1. The zero-order valence-electron chi connectivity index (χ0n) is 13.5. The Morgan fingerprint density at radius 3 is 2.67 bits per heavy atom. The van der Waals surface area contributed by atoms with E-state index in [0.29, 0.717) is 6.04 Å². The molecule has 0 amide bonds. The molecule has 0 aliphatic heterocycles. The van der Waals surface area contributed by atoms with Crippen LogP contribution in [0.15, 0.2) is 0 Å². The van der Waals surface area contributed by atoms with Crippen LogP contribution in [-0.4, -0.2) is 33.4 Å². The molecule has 1 aromatic rings. The largest absolute Gasteiger partial charge is 0.313 e. The number of thioether (sulfide) groups is 1. The molecule has 1 atom stereocenters. The fraction of sp³-hybridized carbons (Fsp3) is 0.812. The SMILES string of the molecule is CCNC(CSC1CCCCC1)Cc1c(Cl)c(C)nn1C. The first-order valence-corrected chi connectivity index (χ1v) is 9.57. The summed E-state index contributed by atoms with van der Waals surface area (Å²) in [7, 11) is 1.99. The molecule has 120 valence electrons. The molecule has 1 fully saturated rings. The predicted molar refractivity (Wildman–Crippen MR) is 93.5 cm³/mol. The van der Waals surface area contributed by atoms with Crippen molar-refractivity contribution in [3.63, 3.8) is 0 Å². The summed E-state index contributed by atoms with van der Waals surface area (Å²) in [6, 6.07) is 0.481. The third-order valence-electron chi connectivity index (χ3n) is 4.28. The lowest BCUT2D eigenvalue weighted by Crippen LogP contribution is -2.34. The van der Waals surface area contributed by atoms with Crippen molar-refractivity contribution >= 4 is 23.4 Å². The van der Waals surface area contributed by atoms with Gasteiger partial charge in [-0.25, -0.2) is 0 Å². The minimum absolute atomic E-state index is 0.481. The Balaban J connectivity index is 1.91. The van der Waals surface area contributed by atoms with E-state index in [9.17, 15) is 0 Å². The standard InChI is InChI=1S/C16H28ClN3S/c1-4-18-13(11-21-14-8-6-5-7-9-14)10-15-16(17)12(2)19-20(15)3/h13-14,18H,4-11H2,1-3H3. The van der Waals surface area contributed by atoms with Crippen molar-refractivity contribution in [2.75, 3.05) is 12.3 Å². The normalized spacial score (nSPS) is 18.1. The van der Waals surface area contributed by atoms with Crippen LogP contribution in [0.2, 0.25) is 5.02 Å². The van der Waals surface area contributed by atoms with Crippen LogP contribution in [0, 0.1) is 6.92 Å². The van der Waals surface area contributed by atoms with Gasteiger partial charge in [-0.3, -0.25) is 4.68 Å². The number of aromatic nitrogens is 2. The highest BCUT2D eigenvalue weighted by Gasteiger charge is 2.19. The lowest BCUT2D eigenvalue weighted by molar-refractivity contribution is 0.511. The molecule has 0 aromatic carbocycles. The van der Waals surface area contributed by atoms with Gasteiger partial charge in [0, 0.05) is 30.5 Å². The Bertz CT molecular complexity index is 441. The molecule has 0 spiro atoms. The van der Waals surface area contributed by atoms with Crippen molar-refractivity contribution < 1.29 is 0 Å². The topological polar surface area (TPSA) is 29.9 Å². The van der Waals surface area contributed by atoms with E-state index in [-0.39, 0.29) is 0 Å². The summed E-state index contributed by atoms with van der Waals surface area (Å²) in [5.74, 6) is 1.17. The number of nitrogens with one attached hydrogen (secondary N) is 1. The predicted octanol–water partition coefficient (Wildman–Crippen LogP) is 3.97. The number of nitrogens with zero attached hydrogens (tertiary/aromatic N) is 2. The number of rotatable bonds is 7. The first-order valence-electron chi connectivity index (χ1n) is 8.14. The maximum atomic E-state index is 6.39. The second kappa shape index (κ2) is 8.44. The highest BCUT2D eigenvalue weighted by molar-refractivity contribution is 7.99. The van der Waals surface area contributed by atoms with Crippen LogP contribution in [0.1, 0.15) is 50.4 Å². The number of likely N-dealkylation sites (N-methyl/N-ethyl adjacent to an activating group) is 1. The molecule has 1 aliphatic carbocycles. The monoisotopic (exact) mass is 329 g/mol. The van der Waals surface area contributed by atoms with E-state index >= 15 is 0 Å². The maximum absolute atomic E-state index is 6.39. The Kier molecular flexibility index (Phi) is 6.90. The Morgan fingerprint density at radius 1 is 1.38 bits per heavy atom. The average molecular weight is 330 g/mol. The van der Waals surface area contributed by atoms with E-state index in [0.717, 1.165) is 34.6 Å². The van der Waals surface area contributed by atoms with E-state index in [1.165, 1.54) is 37.9 Å². The lowest BCUT2D eigenvalue weighted by atomic mass is 10.0. The summed E-state index contributed by atoms with van der Waals surface area (Å²) in [5.41, 5.74) is 2.09. The molecular formula is C16H28ClN3S. The minimum Gasteiger partial charge on any atom is -0.313 e. The van der Waals surface area contributed by atoms with Gasteiger partial charge in [0.2, 0.25) is 0 Å². The number of aryl methyl sites for hydroxylation is 2. The second-order valence-corrected chi connectivity index (χ2v) is 7.73. The van der Waals surface area contributed by atoms with Gasteiger partial charge in [-0.2, -0.15) is 16.9 Å². The van der Waals surface area contributed by atoms with E-state index in [2.05, 4.69) is 29.1 Å². The van der Waals surface area contributed by atoms with Crippen LogP contribution in [0.3, 0.4) is 0 Å². The van der Waals surface area contributed by atoms with Gasteiger partial charge in [0.05, 0.1) is 16.4 Å². The quantitative estimate of drug-likeness (QED) is 0.821. The Morgan fingerprint density at radius 2 is 2.10 bits per heavy atom. The summed E-state index contributed by atoms with van der Waals surface area (Å²) in [5, 5.41) is 9.74. The first-order chi connectivity index (χ1) is 10.1. The molecule has 1 saturated carbocycles. The molecule has 1 aromatic heterocycles. The van der Waals surface area contributed by atoms with Crippen molar-refractivity contribution in [1.82, 2.24) is 15.1 Å². The highest BCUT2D eigenvalue weighted by Crippen LogP contribution is 2.29. The van der Waals surface area contributed by atoms with Gasteiger partial charge < -0.3 is 5.32 Å². The Labute approximate surface area is 138 Å². The zero-order chi connectivity index (χ0) is 15.2. The van der Waals surface area contributed by atoms with Gasteiger partial charge in [0.25, 0.3) is 0 Å². The van der Waals surface area contributed by atoms with E-state index in [1.54, 1.807) is 0 Å². The van der Waals surface area contributed by atoms with Crippen molar-refractivity contribution in [2.45, 2.75) is 63.7 Å². The van der Waals surface area contributed by atoms with E-state index < -0.39 is 0 Å². The van der Waals surface area contributed by atoms with Crippen LogP contribution < -0.4 is 5.32 Å². The van der Waals surface area contributed by atoms with E-state index in [4.69, 9.17) is 11.6 Å². The van der Waals surface area contributed by atoms with Crippen molar-refractivity contribution in [3.8, 4) is 0 Å². The number of hydrogen-bond acceptors (Lipinski definition) is 3. The van der Waals surface area contributed by atoms with Crippen LogP contribution in [0.4, 0.5) is 0 Å². The van der Waals surface area contributed by atoms with Gasteiger partial charge in [0.15, 0.2) is 0 Å². The lowest BCUT2D eigenvalue weighted by Gasteiger charge is -2.24. The number of hydrogen-bond donors (Lipinski definition) is 1. The minimum atomic E-state index is 0.481. The third-order valence-corrected chi connectivity index (χ3v) is 6.31. The fourth-order valence-corrected chi connectivity index (χ4v) is 4.74. The smallest absolute Gasteiger partial charge is 0.0847 e. The average Bonchev–Trinajstić information content (AvgIpc) is 2.72. The molecule has 1 heterocycles. The van der Waals surface area contributed by atoms with Gasteiger partial charge in [-0.15, -0.1) is 0 Å². The van der Waals surface area contributed by atoms with Crippen LogP contribution >= 0.6 is 23.4 Å². The fourth-order valence-electron chi connectivity index (χ4n) is 3.10. The molecule has 1 unspecified atom stereocenters. The Hall–Kier alpha value is -0.190. The van der Waals surface area contributed by atoms with Crippen LogP contribution in [0.5, 0.6) is 0 Å².